The fraction of sp³-hybridized carbons (Fsp3) is 0.250. The van der Waals surface area contributed by atoms with Gasteiger partial charge in [-0.3, -0.25) is 0 Å². The molecule has 0 atom stereocenters. The van der Waals surface area contributed by atoms with Crippen LogP contribution in [0.2, 0.25) is 0 Å². The van der Waals surface area contributed by atoms with Crippen LogP contribution in [0.5, 0.6) is 5.75 Å². The molecule has 0 bridgehead atoms. The highest BCUT2D eigenvalue weighted by molar-refractivity contribution is 6.03. The van der Waals surface area contributed by atoms with Gasteiger partial charge in [-0.2, -0.15) is 5.26 Å². The van der Waals surface area contributed by atoms with Crippen molar-refractivity contribution in [2.75, 3.05) is 6.61 Å². The van der Waals surface area contributed by atoms with Gasteiger partial charge in [0, 0.05) is 0 Å². The molecule has 2 aromatic carbocycles. The maximum Gasteiger partial charge on any atom is 0.344 e. The molecule has 0 aliphatic carbocycles. The number of nitrogens with zero attached hydrogens (tertiary/aromatic N) is 1. The topological polar surface area (TPSA) is 76.4 Å². The van der Waals surface area contributed by atoms with Gasteiger partial charge in [0.25, 0.3) is 0 Å². The number of benzene rings is 2. The number of ether oxygens (including phenoxy) is 2. The first-order chi connectivity index (χ1) is 12.2. The van der Waals surface area contributed by atoms with Crippen LogP contribution in [0.4, 0.5) is 0 Å². The molecule has 0 fully saturated rings. The molecule has 0 unspecified atom stereocenters. The predicted octanol–water partition coefficient (Wildman–Crippen LogP) is 4.12. The van der Waals surface area contributed by atoms with E-state index in [2.05, 4.69) is 6.92 Å². The van der Waals surface area contributed by atoms with E-state index in [1.807, 2.05) is 6.07 Å². The van der Waals surface area contributed by atoms with Gasteiger partial charge in [-0.05, 0) is 42.8 Å². The zero-order valence-corrected chi connectivity index (χ0v) is 14.0. The zero-order chi connectivity index (χ0) is 18.1. The van der Waals surface area contributed by atoms with Crippen molar-refractivity contribution < 1.29 is 19.1 Å². The molecule has 0 N–H and O–H groups in total. The van der Waals surface area contributed by atoms with Crippen LogP contribution in [0.15, 0.2) is 48.5 Å². The van der Waals surface area contributed by atoms with E-state index in [4.69, 9.17) is 14.7 Å². The van der Waals surface area contributed by atoms with E-state index < -0.39 is 11.9 Å². The molecule has 2 aromatic rings. The lowest BCUT2D eigenvalue weighted by Crippen LogP contribution is -2.16. The van der Waals surface area contributed by atoms with E-state index in [0.29, 0.717) is 17.9 Å². The summed E-state index contributed by atoms with van der Waals surface area (Å²) in [5.41, 5.74) is 0.792. The molecule has 0 radical (unpaired) electrons. The Morgan fingerprint density at radius 3 is 2.20 bits per heavy atom. The van der Waals surface area contributed by atoms with Crippen LogP contribution >= 0.6 is 0 Å². The van der Waals surface area contributed by atoms with Crippen molar-refractivity contribution in [2.45, 2.75) is 26.2 Å². The van der Waals surface area contributed by atoms with Gasteiger partial charge in [-0.25, -0.2) is 9.59 Å². The van der Waals surface area contributed by atoms with Crippen LogP contribution in [0.1, 0.15) is 52.5 Å². The smallest absolute Gasteiger partial charge is 0.344 e. The van der Waals surface area contributed by atoms with Gasteiger partial charge in [0.05, 0.1) is 29.4 Å². The number of rotatable bonds is 7. The van der Waals surface area contributed by atoms with Crippen LogP contribution in [-0.4, -0.2) is 18.5 Å². The Balaban J connectivity index is 2.08. The quantitative estimate of drug-likeness (QED) is 0.431. The van der Waals surface area contributed by atoms with Gasteiger partial charge < -0.3 is 9.47 Å². The van der Waals surface area contributed by atoms with Gasteiger partial charge in [0.2, 0.25) is 0 Å². The molecule has 25 heavy (non-hydrogen) atoms. The second kappa shape index (κ2) is 9.24. The summed E-state index contributed by atoms with van der Waals surface area (Å²) in [5.74, 6) is -0.885. The summed E-state index contributed by atoms with van der Waals surface area (Å²) >= 11 is 0. The summed E-state index contributed by atoms with van der Waals surface area (Å²) in [6.45, 7) is 2.39. The first-order valence-electron chi connectivity index (χ1n) is 8.14. The lowest BCUT2D eigenvalue weighted by Gasteiger charge is -2.09. The summed E-state index contributed by atoms with van der Waals surface area (Å²) in [6.07, 6.45) is 2.81. The Kier molecular flexibility index (Phi) is 6.73. The van der Waals surface area contributed by atoms with E-state index in [1.165, 1.54) is 24.3 Å². The average molecular weight is 337 g/mol. The molecule has 2 rings (SSSR count). The first-order valence-corrected chi connectivity index (χ1v) is 8.14. The summed E-state index contributed by atoms with van der Waals surface area (Å²) in [5, 5.41) is 8.78. The number of unbranched alkanes of at least 4 members (excludes halogenated alkanes) is 2. The van der Waals surface area contributed by atoms with Crippen LogP contribution < -0.4 is 4.74 Å². The number of hydrogen-bond acceptors (Lipinski definition) is 5. The summed E-state index contributed by atoms with van der Waals surface area (Å²) in [4.78, 5) is 24.6. The van der Waals surface area contributed by atoms with Crippen LogP contribution in [0, 0.1) is 11.3 Å². The van der Waals surface area contributed by atoms with Crippen LogP contribution in [0.25, 0.3) is 0 Å². The highest BCUT2D eigenvalue weighted by Crippen LogP contribution is 2.17. The summed E-state index contributed by atoms with van der Waals surface area (Å²) in [7, 11) is 0. The largest absolute Gasteiger partial charge is 0.462 e. The molecule has 0 heterocycles. The van der Waals surface area contributed by atoms with E-state index >= 15 is 0 Å². The monoisotopic (exact) mass is 337 g/mol. The van der Waals surface area contributed by atoms with Gasteiger partial charge in [-0.1, -0.05) is 31.9 Å². The van der Waals surface area contributed by atoms with Crippen molar-refractivity contribution in [3.8, 4) is 11.8 Å². The van der Waals surface area contributed by atoms with Gasteiger partial charge >= 0.3 is 11.9 Å². The van der Waals surface area contributed by atoms with Crippen molar-refractivity contribution >= 4 is 11.9 Å². The van der Waals surface area contributed by atoms with Gasteiger partial charge in [0.1, 0.15) is 5.75 Å². The maximum absolute atomic E-state index is 12.4. The summed E-state index contributed by atoms with van der Waals surface area (Å²) < 4.78 is 10.5. The number of esters is 2. The fourth-order valence-electron chi connectivity index (χ4n) is 2.19. The van der Waals surface area contributed by atoms with E-state index in [9.17, 15) is 9.59 Å². The number of nitriles is 1. The number of hydrogen-bond donors (Lipinski definition) is 0. The standard InChI is InChI=1S/C20H19NO4/c1-2-3-6-13-24-19(22)17-7-4-5-8-18(17)20(23)25-16-11-9-15(14-21)10-12-16/h4-5,7-12H,2-3,6,13H2,1H3. The SMILES string of the molecule is CCCCCOC(=O)c1ccccc1C(=O)Oc1ccc(C#N)cc1. The normalized spacial score (nSPS) is 9.92. The van der Waals surface area contributed by atoms with Crippen molar-refractivity contribution in [1.82, 2.24) is 0 Å². The lowest BCUT2D eigenvalue weighted by molar-refractivity contribution is 0.0490. The van der Waals surface area contributed by atoms with Gasteiger partial charge in [-0.15, -0.1) is 0 Å². The van der Waals surface area contributed by atoms with E-state index in [-0.39, 0.29) is 11.1 Å². The summed E-state index contributed by atoms with van der Waals surface area (Å²) in [6, 6.07) is 14.5. The van der Waals surface area contributed by atoms with Crippen molar-refractivity contribution in [3.63, 3.8) is 0 Å². The Morgan fingerprint density at radius 2 is 1.60 bits per heavy atom. The molecular weight excluding hydrogens is 318 g/mol. The Labute approximate surface area is 146 Å². The third-order valence-electron chi connectivity index (χ3n) is 3.54. The Hall–Kier alpha value is -3.13. The maximum atomic E-state index is 12.4. The Morgan fingerprint density at radius 1 is 0.960 bits per heavy atom. The highest BCUT2D eigenvalue weighted by Gasteiger charge is 2.19. The van der Waals surface area contributed by atoms with Crippen molar-refractivity contribution in [2.24, 2.45) is 0 Å². The lowest BCUT2D eigenvalue weighted by atomic mass is 10.1. The first kappa shape index (κ1) is 18.2. The molecule has 0 aliphatic rings. The molecule has 0 aromatic heterocycles. The van der Waals surface area contributed by atoms with E-state index in [0.717, 1.165) is 19.3 Å². The second-order valence-corrected chi connectivity index (χ2v) is 5.41. The molecule has 0 spiro atoms. The molecule has 0 amide bonds. The molecule has 0 aliphatic heterocycles. The molecule has 5 nitrogen and oxygen atoms in total. The van der Waals surface area contributed by atoms with Crippen molar-refractivity contribution in [3.05, 3.63) is 65.2 Å². The number of carbonyl (C=O) groups is 2. The minimum absolute atomic E-state index is 0.146. The molecule has 0 saturated heterocycles. The van der Waals surface area contributed by atoms with Crippen molar-refractivity contribution in [1.29, 1.82) is 5.26 Å². The highest BCUT2D eigenvalue weighted by atomic mass is 16.5. The molecule has 128 valence electrons. The van der Waals surface area contributed by atoms with Crippen LogP contribution in [0.3, 0.4) is 0 Å². The predicted molar refractivity (Wildman–Crippen MR) is 92.4 cm³/mol. The molecular formula is C20H19NO4. The second-order valence-electron chi connectivity index (χ2n) is 5.41. The minimum Gasteiger partial charge on any atom is -0.462 e. The molecule has 0 saturated carbocycles. The average Bonchev–Trinajstić information content (AvgIpc) is 2.65. The number of carbonyl (C=O) groups excluding carboxylic acids is 2. The van der Waals surface area contributed by atoms with E-state index in [1.54, 1.807) is 24.3 Å². The van der Waals surface area contributed by atoms with Gasteiger partial charge in [0.15, 0.2) is 0 Å². The zero-order valence-electron chi connectivity index (χ0n) is 14.0. The third-order valence-corrected chi connectivity index (χ3v) is 3.54. The third kappa shape index (κ3) is 5.18. The molecule has 5 heteroatoms. The Bertz CT molecular complexity index is 775. The minimum atomic E-state index is -0.647. The van der Waals surface area contributed by atoms with Crippen LogP contribution in [-0.2, 0) is 4.74 Å². The fourth-order valence-corrected chi connectivity index (χ4v) is 2.19.